The molecule has 1 aromatic rings. The topological polar surface area (TPSA) is 80.8 Å². The first kappa shape index (κ1) is 21.4. The van der Waals surface area contributed by atoms with Crippen LogP contribution < -0.4 is 10.1 Å². The molecule has 2 unspecified atom stereocenters. The Balaban J connectivity index is 1.81. The van der Waals surface area contributed by atoms with Crippen LogP contribution in [0.2, 0.25) is 0 Å². The second-order valence-electron chi connectivity index (χ2n) is 9.14. The van der Waals surface area contributed by atoms with Crippen LogP contribution in [-0.2, 0) is 4.74 Å². The van der Waals surface area contributed by atoms with Gasteiger partial charge in [-0.15, -0.1) is 0 Å². The van der Waals surface area contributed by atoms with Crippen LogP contribution in [0.1, 0.15) is 63.6 Å². The van der Waals surface area contributed by atoms with E-state index in [1.54, 1.807) is 0 Å². The predicted molar refractivity (Wildman–Crippen MR) is 110 cm³/mol. The summed E-state index contributed by atoms with van der Waals surface area (Å²) in [6, 6.07) is 3.75. The number of hydrogen-bond donors (Lipinski definition) is 1. The van der Waals surface area contributed by atoms with E-state index in [1.807, 2.05) is 51.7 Å². The number of nitrogens with one attached hydrogen (secondary N) is 1. The number of amides is 2. The van der Waals surface area contributed by atoms with E-state index in [4.69, 9.17) is 9.47 Å². The maximum atomic E-state index is 13.6. The van der Waals surface area contributed by atoms with Crippen molar-refractivity contribution in [3.05, 3.63) is 23.5 Å². The van der Waals surface area contributed by atoms with Crippen molar-refractivity contribution in [2.24, 2.45) is 11.8 Å². The molecule has 7 heteroatoms. The van der Waals surface area contributed by atoms with Crippen molar-refractivity contribution in [1.82, 2.24) is 15.2 Å². The summed E-state index contributed by atoms with van der Waals surface area (Å²) in [5.74, 6) is 1.27. The van der Waals surface area contributed by atoms with Gasteiger partial charge in [-0.05, 0) is 71.4 Å². The summed E-state index contributed by atoms with van der Waals surface area (Å²) in [7, 11) is 0. The molecule has 29 heavy (non-hydrogen) atoms. The maximum Gasteiger partial charge on any atom is 0.407 e. The van der Waals surface area contributed by atoms with Gasteiger partial charge >= 0.3 is 6.09 Å². The summed E-state index contributed by atoms with van der Waals surface area (Å²) in [4.78, 5) is 32.1. The summed E-state index contributed by atoms with van der Waals surface area (Å²) in [6.45, 7) is 12.3. The molecule has 1 aromatic heterocycles. The van der Waals surface area contributed by atoms with Gasteiger partial charge in [0.25, 0.3) is 5.91 Å². The molecule has 2 aliphatic heterocycles. The van der Waals surface area contributed by atoms with Gasteiger partial charge in [0.05, 0.1) is 12.6 Å². The van der Waals surface area contributed by atoms with Gasteiger partial charge in [0.2, 0.25) is 0 Å². The van der Waals surface area contributed by atoms with Gasteiger partial charge in [-0.25, -0.2) is 9.78 Å². The fraction of sp³-hybridized carbons (Fsp3) is 0.682. The van der Waals surface area contributed by atoms with Crippen molar-refractivity contribution in [1.29, 1.82) is 0 Å². The number of ether oxygens (including phenoxy) is 2. The number of piperidine rings is 2. The highest BCUT2D eigenvalue weighted by molar-refractivity contribution is 5.95. The Kier molecular flexibility index (Phi) is 6.05. The lowest BCUT2D eigenvalue weighted by Crippen LogP contribution is -2.65. The molecule has 1 aliphatic carbocycles. The Labute approximate surface area is 173 Å². The van der Waals surface area contributed by atoms with Gasteiger partial charge in [0.1, 0.15) is 5.60 Å². The smallest absolute Gasteiger partial charge is 0.407 e. The molecular formula is C22H33N3O4. The summed E-state index contributed by atoms with van der Waals surface area (Å²) in [5.41, 5.74) is 0.570. The number of aromatic nitrogens is 1. The van der Waals surface area contributed by atoms with Gasteiger partial charge in [0.15, 0.2) is 11.4 Å². The van der Waals surface area contributed by atoms with Crippen molar-refractivity contribution < 1.29 is 19.1 Å². The number of alkyl carbamates (subject to hydrolysis) is 1. The molecule has 160 valence electrons. The van der Waals surface area contributed by atoms with Crippen molar-refractivity contribution >= 4 is 12.0 Å². The van der Waals surface area contributed by atoms with E-state index in [0.717, 1.165) is 18.5 Å². The lowest BCUT2D eigenvalue weighted by molar-refractivity contribution is -0.0548. The van der Waals surface area contributed by atoms with Crippen molar-refractivity contribution in [2.45, 2.75) is 72.1 Å². The fourth-order valence-corrected chi connectivity index (χ4v) is 4.32. The number of rotatable bonds is 5. The Morgan fingerprint density at radius 1 is 1.28 bits per heavy atom. The fourth-order valence-electron chi connectivity index (χ4n) is 4.32. The zero-order chi connectivity index (χ0) is 21.3. The van der Waals surface area contributed by atoms with Gasteiger partial charge in [-0.3, -0.25) is 4.79 Å². The second kappa shape index (κ2) is 8.20. The Morgan fingerprint density at radius 3 is 2.59 bits per heavy atom. The van der Waals surface area contributed by atoms with Crippen molar-refractivity contribution in [3.8, 4) is 5.75 Å². The quantitative estimate of drug-likeness (QED) is 0.813. The molecule has 3 heterocycles. The number of hydrogen-bond acceptors (Lipinski definition) is 5. The lowest BCUT2D eigenvalue weighted by atomic mass is 9.64. The average molecular weight is 404 g/mol. The highest BCUT2D eigenvalue weighted by atomic mass is 16.6. The van der Waals surface area contributed by atoms with Crippen LogP contribution in [0, 0.1) is 18.8 Å². The molecule has 2 saturated heterocycles. The Hall–Kier alpha value is -2.31. The first-order valence-corrected chi connectivity index (χ1v) is 10.5. The highest BCUT2D eigenvalue weighted by Crippen LogP contribution is 2.47. The molecule has 2 atom stereocenters. The highest BCUT2D eigenvalue weighted by Gasteiger charge is 2.51. The third-order valence-electron chi connectivity index (χ3n) is 5.84. The van der Waals surface area contributed by atoms with Crippen LogP contribution in [0.5, 0.6) is 5.75 Å². The van der Waals surface area contributed by atoms with Crippen LogP contribution in [0.15, 0.2) is 12.1 Å². The van der Waals surface area contributed by atoms with E-state index < -0.39 is 11.7 Å². The molecule has 4 rings (SSSR count). The number of pyridine rings is 1. The minimum Gasteiger partial charge on any atom is -0.491 e. The zero-order valence-electron chi connectivity index (χ0n) is 18.3. The third-order valence-corrected chi connectivity index (χ3v) is 5.84. The monoisotopic (exact) mass is 403 g/mol. The standard InChI is InChI=1S/C22H33N3O4/c1-7-28-18-9-8-13(2)24-19(18)20(26)25-16-10-15(11-16)14(3)17(25)12-23-21(27)29-22(4,5)6/h8-9,14-17H,7,10-12H2,1-6H3,(H,23,27). The zero-order valence-corrected chi connectivity index (χ0v) is 18.3. The second-order valence-corrected chi connectivity index (χ2v) is 9.14. The van der Waals surface area contributed by atoms with E-state index in [9.17, 15) is 9.59 Å². The van der Waals surface area contributed by atoms with E-state index in [2.05, 4.69) is 17.2 Å². The number of carbonyl (C=O) groups is 2. The molecule has 7 nitrogen and oxygen atoms in total. The molecule has 0 aromatic carbocycles. The summed E-state index contributed by atoms with van der Waals surface area (Å²) in [5, 5.41) is 2.86. The van der Waals surface area contributed by atoms with Gasteiger partial charge < -0.3 is 19.7 Å². The van der Waals surface area contributed by atoms with Gasteiger partial charge in [-0.1, -0.05) is 6.92 Å². The minimum atomic E-state index is -0.558. The molecule has 1 N–H and O–H groups in total. The molecule has 2 bridgehead atoms. The largest absolute Gasteiger partial charge is 0.491 e. The van der Waals surface area contributed by atoms with Crippen molar-refractivity contribution in [3.63, 3.8) is 0 Å². The van der Waals surface area contributed by atoms with Crippen LogP contribution in [0.3, 0.4) is 0 Å². The van der Waals surface area contributed by atoms with E-state index in [-0.39, 0.29) is 18.0 Å². The number of fused-ring (bicyclic) bond motifs is 2. The summed E-state index contributed by atoms with van der Waals surface area (Å²) >= 11 is 0. The normalized spacial score (nSPS) is 25.8. The first-order valence-electron chi connectivity index (χ1n) is 10.5. The first-order chi connectivity index (χ1) is 13.6. The molecule has 0 radical (unpaired) electrons. The third kappa shape index (κ3) is 4.65. The minimum absolute atomic E-state index is 0.0932. The average Bonchev–Trinajstić information content (AvgIpc) is 2.58. The Bertz CT molecular complexity index is 768. The van der Waals surface area contributed by atoms with E-state index in [1.165, 1.54) is 0 Å². The van der Waals surface area contributed by atoms with Crippen LogP contribution in [0.25, 0.3) is 0 Å². The SMILES string of the molecule is CCOc1ccc(C)nc1C(=O)N1C2CC(C2)C(C)C1CNC(=O)OC(C)(C)C. The van der Waals surface area contributed by atoms with Crippen LogP contribution >= 0.6 is 0 Å². The molecule has 3 fully saturated rings. The molecule has 1 saturated carbocycles. The predicted octanol–water partition coefficient (Wildman–Crippen LogP) is 3.55. The maximum absolute atomic E-state index is 13.6. The number of aryl methyl sites for hydroxylation is 1. The molecule has 0 spiro atoms. The van der Waals surface area contributed by atoms with Crippen LogP contribution in [0.4, 0.5) is 4.79 Å². The van der Waals surface area contributed by atoms with Gasteiger partial charge in [0, 0.05) is 18.3 Å². The van der Waals surface area contributed by atoms with E-state index >= 15 is 0 Å². The van der Waals surface area contributed by atoms with Crippen molar-refractivity contribution in [2.75, 3.05) is 13.2 Å². The van der Waals surface area contributed by atoms with Crippen LogP contribution in [-0.4, -0.2) is 52.7 Å². The van der Waals surface area contributed by atoms with E-state index in [0.29, 0.717) is 36.4 Å². The lowest BCUT2D eigenvalue weighted by Gasteiger charge is -2.57. The number of nitrogens with zero attached hydrogens (tertiary/aromatic N) is 2. The summed E-state index contributed by atoms with van der Waals surface area (Å²) < 4.78 is 11.0. The summed E-state index contributed by atoms with van der Waals surface area (Å²) in [6.07, 6.45) is 1.55. The Morgan fingerprint density at radius 2 is 1.97 bits per heavy atom. The molecule has 3 aliphatic rings. The van der Waals surface area contributed by atoms with Gasteiger partial charge in [-0.2, -0.15) is 0 Å². The molecular weight excluding hydrogens is 370 g/mol. The molecule has 2 amide bonds. The number of carbonyl (C=O) groups excluding carboxylic acids is 2.